The highest BCUT2D eigenvalue weighted by molar-refractivity contribution is 8.26. The molecule has 142 valence electrons. The van der Waals surface area contributed by atoms with Gasteiger partial charge in [0.05, 0.1) is 5.69 Å². The first-order valence-electron chi connectivity index (χ1n) is 8.97. The molecule has 0 aliphatic carbocycles. The average molecular weight is 374 g/mol. The maximum Gasteiger partial charge on any atom is 0.223 e. The van der Waals surface area contributed by atoms with Crippen LogP contribution in [0.3, 0.4) is 0 Å². The smallest absolute Gasteiger partial charge is 0.223 e. The Morgan fingerprint density at radius 3 is 2.46 bits per heavy atom. The van der Waals surface area contributed by atoms with Gasteiger partial charge in [0.25, 0.3) is 0 Å². The molecule has 0 fully saturated rings. The molecule has 1 aromatic carbocycles. The standard InChI is InChI=1S/C20H31N5S/c1-6-16-26(4,5)23-14-7-13-21-20-22-15-12-19(24-20)17-8-10-18(11-9-17)25(2)3/h8-12,15,23H,4-7,13-14,16H2,1-3H3,(H,21,22,24). The van der Waals surface area contributed by atoms with Crippen LogP contribution in [-0.2, 0) is 0 Å². The summed E-state index contributed by atoms with van der Waals surface area (Å²) >= 11 is 0. The topological polar surface area (TPSA) is 53.1 Å². The Bertz CT molecular complexity index is 782. The van der Waals surface area contributed by atoms with Crippen molar-refractivity contribution < 1.29 is 0 Å². The van der Waals surface area contributed by atoms with E-state index in [2.05, 4.69) is 67.8 Å². The van der Waals surface area contributed by atoms with E-state index in [1.54, 1.807) is 6.20 Å². The van der Waals surface area contributed by atoms with Crippen LogP contribution in [0.15, 0.2) is 36.5 Å². The number of benzene rings is 1. The van der Waals surface area contributed by atoms with E-state index in [0.29, 0.717) is 5.95 Å². The highest BCUT2D eigenvalue weighted by Crippen LogP contribution is 2.21. The second kappa shape index (κ2) is 9.59. The van der Waals surface area contributed by atoms with Gasteiger partial charge in [-0.1, -0.05) is 30.8 Å². The van der Waals surface area contributed by atoms with Crippen molar-refractivity contribution in [3.8, 4) is 11.3 Å². The zero-order valence-corrected chi connectivity index (χ0v) is 17.0. The zero-order valence-electron chi connectivity index (χ0n) is 16.2. The SMILES string of the molecule is C=S(=C)(CCC)NCCCNc1nccc(-c2ccc(N(C)C)cc2)n1. The van der Waals surface area contributed by atoms with Crippen molar-refractivity contribution in [2.45, 2.75) is 19.8 Å². The Kier molecular flexibility index (Phi) is 7.48. The quantitative estimate of drug-likeness (QED) is 0.492. The van der Waals surface area contributed by atoms with E-state index in [4.69, 9.17) is 0 Å². The summed E-state index contributed by atoms with van der Waals surface area (Å²) in [6.07, 6.45) is 3.89. The van der Waals surface area contributed by atoms with Crippen LogP contribution >= 0.6 is 9.39 Å². The molecule has 0 atom stereocenters. The van der Waals surface area contributed by atoms with Crippen LogP contribution in [0, 0.1) is 0 Å². The lowest BCUT2D eigenvalue weighted by Crippen LogP contribution is -2.17. The molecular formula is C20H31N5S. The van der Waals surface area contributed by atoms with E-state index in [1.807, 2.05) is 20.2 Å². The van der Waals surface area contributed by atoms with E-state index in [-0.39, 0.29) is 0 Å². The fourth-order valence-corrected chi connectivity index (χ4v) is 4.08. The number of hydrogen-bond donors (Lipinski definition) is 2. The summed E-state index contributed by atoms with van der Waals surface area (Å²) in [5, 5.41) is 3.30. The number of nitrogens with one attached hydrogen (secondary N) is 2. The third kappa shape index (κ3) is 6.35. The molecule has 0 spiro atoms. The van der Waals surface area contributed by atoms with Crippen molar-refractivity contribution >= 4 is 32.8 Å². The van der Waals surface area contributed by atoms with Gasteiger partial charge in [-0.2, -0.15) is 9.39 Å². The average Bonchev–Trinajstić information content (AvgIpc) is 2.61. The van der Waals surface area contributed by atoms with Gasteiger partial charge in [-0.3, -0.25) is 4.72 Å². The third-order valence-corrected chi connectivity index (χ3v) is 5.98. The first-order valence-corrected chi connectivity index (χ1v) is 11.1. The van der Waals surface area contributed by atoms with Crippen LogP contribution in [0.2, 0.25) is 0 Å². The van der Waals surface area contributed by atoms with E-state index in [9.17, 15) is 0 Å². The molecule has 2 rings (SSSR count). The normalized spacial score (nSPS) is 11.3. The van der Waals surface area contributed by atoms with Crippen LogP contribution < -0.4 is 14.9 Å². The molecule has 5 nitrogen and oxygen atoms in total. The number of anilines is 2. The third-order valence-electron chi connectivity index (χ3n) is 3.97. The van der Waals surface area contributed by atoms with Crippen LogP contribution in [0.1, 0.15) is 19.8 Å². The fraction of sp³-hybridized carbons (Fsp3) is 0.400. The zero-order chi connectivity index (χ0) is 19.0. The number of nitrogens with zero attached hydrogens (tertiary/aromatic N) is 3. The molecule has 0 saturated carbocycles. The number of hydrogen-bond acceptors (Lipinski definition) is 5. The predicted molar refractivity (Wildman–Crippen MR) is 120 cm³/mol. The molecule has 0 saturated heterocycles. The Hall–Kier alpha value is -2.05. The van der Waals surface area contributed by atoms with Gasteiger partial charge in [-0.25, -0.2) is 9.97 Å². The van der Waals surface area contributed by atoms with Crippen LogP contribution in [0.4, 0.5) is 11.6 Å². The van der Waals surface area contributed by atoms with Crippen LogP contribution in [-0.4, -0.2) is 54.6 Å². The predicted octanol–water partition coefficient (Wildman–Crippen LogP) is 3.59. The summed E-state index contributed by atoms with van der Waals surface area (Å²) in [6.45, 7) is 3.89. The summed E-state index contributed by atoms with van der Waals surface area (Å²) in [5.41, 5.74) is 3.18. The molecular weight excluding hydrogens is 342 g/mol. The highest BCUT2D eigenvalue weighted by Gasteiger charge is 2.03. The van der Waals surface area contributed by atoms with Crippen molar-refractivity contribution in [2.24, 2.45) is 0 Å². The second-order valence-electron chi connectivity index (χ2n) is 6.63. The lowest BCUT2D eigenvalue weighted by Gasteiger charge is -2.15. The Labute approximate surface area is 158 Å². The molecule has 0 aliphatic heterocycles. The monoisotopic (exact) mass is 373 g/mol. The fourth-order valence-electron chi connectivity index (χ4n) is 2.58. The molecule has 2 aromatic rings. The van der Waals surface area contributed by atoms with Crippen molar-refractivity contribution in [2.75, 3.05) is 43.2 Å². The second-order valence-corrected chi connectivity index (χ2v) is 9.42. The van der Waals surface area contributed by atoms with Crippen LogP contribution in [0.5, 0.6) is 0 Å². The number of rotatable bonds is 10. The summed E-state index contributed by atoms with van der Waals surface area (Å²) < 4.78 is 3.47. The molecule has 1 heterocycles. The molecule has 0 unspecified atom stereocenters. The number of aromatic nitrogens is 2. The van der Waals surface area contributed by atoms with Gasteiger partial charge in [0, 0.05) is 44.6 Å². The van der Waals surface area contributed by atoms with Gasteiger partial charge in [0.15, 0.2) is 0 Å². The minimum atomic E-state index is -1.14. The van der Waals surface area contributed by atoms with Crippen molar-refractivity contribution in [3.05, 3.63) is 36.5 Å². The van der Waals surface area contributed by atoms with E-state index < -0.39 is 9.39 Å². The minimum Gasteiger partial charge on any atom is -0.378 e. The molecule has 0 aliphatic rings. The van der Waals surface area contributed by atoms with E-state index in [0.717, 1.165) is 42.9 Å². The van der Waals surface area contributed by atoms with Gasteiger partial charge in [0.2, 0.25) is 5.95 Å². The summed E-state index contributed by atoms with van der Waals surface area (Å²) in [4.78, 5) is 11.0. The Balaban J connectivity index is 1.87. The highest BCUT2D eigenvalue weighted by atomic mass is 32.2. The lowest BCUT2D eigenvalue weighted by molar-refractivity contribution is 0.824. The van der Waals surface area contributed by atoms with E-state index >= 15 is 0 Å². The molecule has 0 amide bonds. The van der Waals surface area contributed by atoms with Gasteiger partial charge < -0.3 is 10.2 Å². The van der Waals surface area contributed by atoms with Crippen LogP contribution in [0.25, 0.3) is 11.3 Å². The molecule has 0 radical (unpaired) electrons. The first kappa shape index (κ1) is 20.3. The summed E-state index contributed by atoms with van der Waals surface area (Å²) in [5.74, 6) is 10.1. The molecule has 1 aromatic heterocycles. The minimum absolute atomic E-state index is 0.663. The van der Waals surface area contributed by atoms with Gasteiger partial charge in [-0.15, -0.1) is 0 Å². The van der Waals surface area contributed by atoms with Crippen molar-refractivity contribution in [1.29, 1.82) is 0 Å². The molecule has 26 heavy (non-hydrogen) atoms. The Morgan fingerprint density at radius 2 is 1.81 bits per heavy atom. The van der Waals surface area contributed by atoms with Gasteiger partial charge in [-0.05, 0) is 36.8 Å². The molecule has 0 bridgehead atoms. The largest absolute Gasteiger partial charge is 0.378 e. The Morgan fingerprint density at radius 1 is 1.08 bits per heavy atom. The maximum atomic E-state index is 4.62. The van der Waals surface area contributed by atoms with E-state index in [1.165, 1.54) is 5.69 Å². The summed E-state index contributed by atoms with van der Waals surface area (Å²) in [7, 11) is 2.93. The van der Waals surface area contributed by atoms with Crippen molar-refractivity contribution in [3.63, 3.8) is 0 Å². The summed E-state index contributed by atoms with van der Waals surface area (Å²) in [6, 6.07) is 10.3. The maximum absolute atomic E-state index is 4.62. The lowest BCUT2D eigenvalue weighted by atomic mass is 10.1. The van der Waals surface area contributed by atoms with Gasteiger partial charge in [0.1, 0.15) is 0 Å². The molecule has 2 N–H and O–H groups in total. The first-order chi connectivity index (χ1) is 12.4. The van der Waals surface area contributed by atoms with Crippen molar-refractivity contribution in [1.82, 2.24) is 14.7 Å². The molecule has 6 heteroatoms. The van der Waals surface area contributed by atoms with Gasteiger partial charge >= 0.3 is 0 Å².